The van der Waals surface area contributed by atoms with E-state index >= 15 is 0 Å². The number of nitrogens with two attached hydrogens (primary N) is 2. The van der Waals surface area contributed by atoms with Crippen molar-refractivity contribution in [1.82, 2.24) is 14.5 Å². The summed E-state index contributed by atoms with van der Waals surface area (Å²) >= 11 is 0. The molecule has 0 radical (unpaired) electrons. The molecule has 4 aromatic rings. The zero-order chi connectivity index (χ0) is 24.7. The average molecular weight is 471 g/mol. The van der Waals surface area contributed by atoms with Gasteiger partial charge in [-0.2, -0.15) is 9.97 Å². The zero-order valence-electron chi connectivity index (χ0n) is 19.3. The molecule has 2 aromatic heterocycles. The molecule has 0 spiro atoms. The number of anilines is 2. The number of hydrogen-bond acceptors (Lipinski definition) is 8. The molecule has 0 atom stereocenters. The second-order valence-corrected chi connectivity index (χ2v) is 8.60. The summed E-state index contributed by atoms with van der Waals surface area (Å²) in [5, 5.41) is 23.1. The van der Waals surface area contributed by atoms with Crippen LogP contribution >= 0.6 is 0 Å². The van der Waals surface area contributed by atoms with E-state index in [2.05, 4.69) is 10.2 Å². The molecule has 11 heteroatoms. The number of benzene rings is 2. The fourth-order valence-electron chi connectivity index (χ4n) is 4.57. The number of rotatable bonds is 7. The summed E-state index contributed by atoms with van der Waals surface area (Å²) in [6.45, 7) is 1.48. The molecule has 0 aliphatic carbocycles. The molecule has 3 heterocycles. The van der Waals surface area contributed by atoms with E-state index in [1.54, 1.807) is 30.3 Å². The van der Waals surface area contributed by atoms with Crippen LogP contribution in [0.4, 0.5) is 11.6 Å². The molecule has 178 valence electrons. The van der Waals surface area contributed by atoms with Crippen LogP contribution in [0.1, 0.15) is 27.2 Å². The van der Waals surface area contributed by atoms with Gasteiger partial charge in [-0.3, -0.25) is 9.36 Å². The normalized spacial score (nSPS) is 12.7. The summed E-state index contributed by atoms with van der Waals surface area (Å²) in [5.74, 6) is 1.45. The first-order valence-electron chi connectivity index (χ1n) is 11.3. The summed E-state index contributed by atoms with van der Waals surface area (Å²) < 4.78 is 1.86. The first-order chi connectivity index (χ1) is 16.9. The predicted molar refractivity (Wildman–Crippen MR) is 136 cm³/mol. The maximum absolute atomic E-state index is 12.0. The van der Waals surface area contributed by atoms with Crippen molar-refractivity contribution in [3.8, 4) is 5.95 Å². The summed E-state index contributed by atoms with van der Waals surface area (Å²) in [6, 6.07) is 14.3. The molecule has 7 N–H and O–H groups in total. The standard InChI is InChI=1S/C24H26BN7O3/c1-31-9-8-18-22(28-13-14-4-2-5-15(10-14)25(34)35)29-24(30-23(18)31)32-16(12-26)11-19-17(21(27)33)6-3-7-20(19)32/h2-7,10-11,34-35H,8-9,12-13,26H2,1H3,(H2,27,33)(H,28,29,30). The Bertz CT molecular complexity index is 1440. The third kappa shape index (κ3) is 4.10. The number of fused-ring (bicyclic) bond motifs is 2. The Morgan fingerprint density at radius 3 is 2.71 bits per heavy atom. The lowest BCUT2D eigenvalue weighted by atomic mass is 9.80. The molecule has 10 nitrogen and oxygen atoms in total. The van der Waals surface area contributed by atoms with Crippen molar-refractivity contribution in [1.29, 1.82) is 0 Å². The van der Waals surface area contributed by atoms with Crippen LogP contribution in [0.3, 0.4) is 0 Å². The van der Waals surface area contributed by atoms with E-state index in [0.717, 1.165) is 41.1 Å². The summed E-state index contributed by atoms with van der Waals surface area (Å²) in [5.41, 5.74) is 15.9. The van der Waals surface area contributed by atoms with E-state index in [1.807, 2.05) is 29.8 Å². The maximum atomic E-state index is 12.0. The minimum Gasteiger partial charge on any atom is -0.423 e. The molecule has 35 heavy (non-hydrogen) atoms. The van der Waals surface area contributed by atoms with Gasteiger partial charge in [0.15, 0.2) is 0 Å². The number of hydrogen-bond donors (Lipinski definition) is 5. The monoisotopic (exact) mass is 471 g/mol. The van der Waals surface area contributed by atoms with Crippen LogP contribution in [-0.4, -0.2) is 51.2 Å². The largest absolute Gasteiger partial charge is 0.488 e. The van der Waals surface area contributed by atoms with Crippen LogP contribution in [0.15, 0.2) is 48.5 Å². The van der Waals surface area contributed by atoms with Crippen LogP contribution in [-0.2, 0) is 19.5 Å². The lowest BCUT2D eigenvalue weighted by Gasteiger charge is -2.17. The van der Waals surface area contributed by atoms with Crippen molar-refractivity contribution in [3.63, 3.8) is 0 Å². The Morgan fingerprint density at radius 1 is 1.17 bits per heavy atom. The molecule has 1 aliphatic rings. The van der Waals surface area contributed by atoms with Crippen LogP contribution in [0.2, 0.25) is 0 Å². The van der Waals surface area contributed by atoms with Gasteiger partial charge < -0.3 is 31.7 Å². The van der Waals surface area contributed by atoms with Crippen LogP contribution in [0.5, 0.6) is 0 Å². The highest BCUT2D eigenvalue weighted by Gasteiger charge is 2.25. The average Bonchev–Trinajstić information content (AvgIpc) is 3.42. The van der Waals surface area contributed by atoms with Gasteiger partial charge in [-0.15, -0.1) is 0 Å². The summed E-state index contributed by atoms with van der Waals surface area (Å²) in [4.78, 5) is 23.8. The molecule has 5 rings (SSSR count). The van der Waals surface area contributed by atoms with Crippen LogP contribution in [0.25, 0.3) is 16.9 Å². The van der Waals surface area contributed by atoms with Crippen molar-refractivity contribution < 1.29 is 14.8 Å². The molecular formula is C24H26BN7O3. The van der Waals surface area contributed by atoms with E-state index in [1.165, 1.54) is 0 Å². The maximum Gasteiger partial charge on any atom is 0.488 e. The number of carbonyl (C=O) groups excluding carboxylic acids is 1. The fraction of sp³-hybridized carbons (Fsp3) is 0.208. The molecule has 0 bridgehead atoms. The molecular weight excluding hydrogens is 445 g/mol. The lowest BCUT2D eigenvalue weighted by Crippen LogP contribution is -2.30. The van der Waals surface area contributed by atoms with Crippen molar-refractivity contribution >= 4 is 41.0 Å². The van der Waals surface area contributed by atoms with Crippen molar-refractivity contribution in [2.45, 2.75) is 19.5 Å². The van der Waals surface area contributed by atoms with E-state index in [4.69, 9.17) is 21.4 Å². The Hall–Kier alpha value is -3.93. The topological polar surface area (TPSA) is 156 Å². The number of nitrogens with zero attached hydrogens (tertiary/aromatic N) is 4. The minimum absolute atomic E-state index is 0.224. The van der Waals surface area contributed by atoms with E-state index in [9.17, 15) is 14.8 Å². The van der Waals surface area contributed by atoms with Gasteiger partial charge in [-0.1, -0.05) is 30.3 Å². The van der Waals surface area contributed by atoms with Gasteiger partial charge in [-0.25, -0.2) is 0 Å². The summed E-state index contributed by atoms with van der Waals surface area (Å²) in [6.07, 6.45) is 0.797. The summed E-state index contributed by atoms with van der Waals surface area (Å²) in [7, 11) is 0.460. The zero-order valence-corrected chi connectivity index (χ0v) is 19.3. The second kappa shape index (κ2) is 9.03. The lowest BCUT2D eigenvalue weighted by molar-refractivity contribution is 0.100. The van der Waals surface area contributed by atoms with Gasteiger partial charge in [0.05, 0.1) is 5.52 Å². The van der Waals surface area contributed by atoms with Gasteiger partial charge >= 0.3 is 7.12 Å². The van der Waals surface area contributed by atoms with Gasteiger partial charge in [0.1, 0.15) is 11.6 Å². The molecule has 0 unspecified atom stereocenters. The van der Waals surface area contributed by atoms with Crippen LogP contribution < -0.4 is 27.1 Å². The number of primary amides is 1. The minimum atomic E-state index is -1.53. The molecule has 1 amide bonds. The van der Waals surface area contributed by atoms with E-state index in [0.29, 0.717) is 34.7 Å². The number of nitrogens with one attached hydrogen (secondary N) is 1. The van der Waals surface area contributed by atoms with Gasteiger partial charge in [0, 0.05) is 48.9 Å². The first kappa shape index (κ1) is 22.8. The molecule has 2 aromatic carbocycles. The fourth-order valence-corrected chi connectivity index (χ4v) is 4.57. The molecule has 0 saturated heterocycles. The highest BCUT2D eigenvalue weighted by molar-refractivity contribution is 6.58. The van der Waals surface area contributed by atoms with Gasteiger partial charge in [-0.05, 0) is 35.6 Å². The highest BCUT2D eigenvalue weighted by Crippen LogP contribution is 2.33. The quantitative estimate of drug-likeness (QED) is 0.241. The third-order valence-corrected chi connectivity index (χ3v) is 6.34. The molecule has 0 saturated carbocycles. The number of aromatic nitrogens is 3. The third-order valence-electron chi connectivity index (χ3n) is 6.34. The Balaban J connectivity index is 1.60. The Labute approximate surface area is 202 Å². The van der Waals surface area contributed by atoms with Crippen molar-refractivity contribution in [3.05, 3.63) is 70.9 Å². The molecule has 0 fully saturated rings. The molecule has 1 aliphatic heterocycles. The predicted octanol–water partition coefficient (Wildman–Crippen LogP) is 0.262. The number of likely N-dealkylation sites (N-methyl/N-ethyl adjacent to an activating group) is 1. The first-order valence-corrected chi connectivity index (χ1v) is 11.3. The van der Waals surface area contributed by atoms with Crippen molar-refractivity contribution in [2.24, 2.45) is 11.5 Å². The van der Waals surface area contributed by atoms with Gasteiger partial charge in [0.25, 0.3) is 0 Å². The SMILES string of the molecule is CN1CCc2c(NCc3cccc(B(O)O)c3)nc(-n3c(CN)cc4c(C(N)=O)cccc43)nc21. The van der Waals surface area contributed by atoms with Crippen molar-refractivity contribution in [2.75, 3.05) is 23.8 Å². The second-order valence-electron chi connectivity index (χ2n) is 8.60. The smallest absolute Gasteiger partial charge is 0.423 e. The van der Waals surface area contributed by atoms with E-state index in [-0.39, 0.29) is 6.54 Å². The number of carbonyl (C=O) groups is 1. The Kier molecular flexibility index (Phi) is 5.89. The van der Waals surface area contributed by atoms with Crippen LogP contribution in [0, 0.1) is 0 Å². The Morgan fingerprint density at radius 2 is 1.97 bits per heavy atom. The number of amides is 1. The van der Waals surface area contributed by atoms with Gasteiger partial charge in [0.2, 0.25) is 11.9 Å². The van der Waals surface area contributed by atoms with E-state index < -0.39 is 13.0 Å². The highest BCUT2D eigenvalue weighted by atomic mass is 16.4.